The average molecular weight is 287 g/mol. The normalized spacial score (nSPS) is 17.7. The summed E-state index contributed by atoms with van der Waals surface area (Å²) in [4.78, 5) is 0. The zero-order valence-electron chi connectivity index (χ0n) is 11.0. The van der Waals surface area contributed by atoms with Crippen LogP contribution in [0.2, 0.25) is 5.02 Å². The van der Waals surface area contributed by atoms with Crippen LogP contribution in [0, 0.1) is 6.92 Å². The molecule has 1 atom stereocenters. The molecule has 3 N–H and O–H groups in total. The van der Waals surface area contributed by atoms with Crippen LogP contribution in [0.5, 0.6) is 5.75 Å². The molecule has 0 bridgehead atoms. The van der Waals surface area contributed by atoms with Crippen molar-refractivity contribution < 1.29 is 5.11 Å². The number of phenolic OH excluding ortho intramolecular Hbond substituents is 1. The van der Waals surface area contributed by atoms with E-state index in [1.54, 1.807) is 6.07 Å². The summed E-state index contributed by atoms with van der Waals surface area (Å²) in [5.41, 5.74) is 10.0. The number of halogens is 1. The van der Waals surface area contributed by atoms with Crippen LogP contribution in [0.4, 0.5) is 0 Å². The first-order chi connectivity index (χ1) is 9.65. The Morgan fingerprint density at radius 2 is 1.95 bits per heavy atom. The summed E-state index contributed by atoms with van der Waals surface area (Å²) in [6.07, 6.45) is 2.02. The molecule has 3 nitrogen and oxygen atoms in total. The van der Waals surface area contributed by atoms with Gasteiger partial charge in [0.15, 0.2) is 0 Å². The van der Waals surface area contributed by atoms with Crippen molar-refractivity contribution >= 4 is 17.3 Å². The standard InChI is InChI=1S/C16H15ClN2O/c1-10-6-7-16(20)12(8-10)15-9-14(18-19-15)11-4-2-3-5-13(11)17/h2-9,14,18-20H,1H3/t14-/m0/s1. The highest BCUT2D eigenvalue weighted by Crippen LogP contribution is 2.32. The molecule has 0 radical (unpaired) electrons. The van der Waals surface area contributed by atoms with Gasteiger partial charge < -0.3 is 10.5 Å². The number of hydrazine groups is 1. The van der Waals surface area contributed by atoms with Gasteiger partial charge in [0.1, 0.15) is 5.75 Å². The summed E-state index contributed by atoms with van der Waals surface area (Å²) in [6.45, 7) is 2.00. The van der Waals surface area contributed by atoms with Crippen molar-refractivity contribution in [1.29, 1.82) is 0 Å². The second-order valence-corrected chi connectivity index (χ2v) is 5.28. The molecule has 0 aliphatic carbocycles. The van der Waals surface area contributed by atoms with Crippen molar-refractivity contribution in [3.8, 4) is 5.75 Å². The number of phenols is 1. The van der Waals surface area contributed by atoms with E-state index in [4.69, 9.17) is 11.6 Å². The molecule has 0 saturated carbocycles. The summed E-state index contributed by atoms with van der Waals surface area (Å²) >= 11 is 6.21. The number of aromatic hydroxyl groups is 1. The Bertz CT molecular complexity index is 682. The topological polar surface area (TPSA) is 44.3 Å². The molecule has 0 spiro atoms. The highest BCUT2D eigenvalue weighted by Gasteiger charge is 2.20. The van der Waals surface area contributed by atoms with Crippen molar-refractivity contribution in [2.45, 2.75) is 13.0 Å². The molecule has 2 aromatic rings. The summed E-state index contributed by atoms with van der Waals surface area (Å²) in [7, 11) is 0. The zero-order chi connectivity index (χ0) is 14.1. The molecule has 1 aliphatic rings. The molecule has 0 aromatic heterocycles. The predicted molar refractivity (Wildman–Crippen MR) is 81.3 cm³/mol. The largest absolute Gasteiger partial charge is 0.507 e. The first-order valence-corrected chi connectivity index (χ1v) is 6.81. The number of hydrogen-bond acceptors (Lipinski definition) is 3. The van der Waals surface area contributed by atoms with Crippen molar-refractivity contribution in [3.63, 3.8) is 0 Å². The van der Waals surface area contributed by atoms with E-state index in [-0.39, 0.29) is 11.8 Å². The Hall–Kier alpha value is -1.97. The predicted octanol–water partition coefficient (Wildman–Crippen LogP) is 3.54. The first-order valence-electron chi connectivity index (χ1n) is 6.43. The van der Waals surface area contributed by atoms with Crippen LogP contribution < -0.4 is 10.9 Å². The van der Waals surface area contributed by atoms with E-state index in [0.29, 0.717) is 0 Å². The maximum Gasteiger partial charge on any atom is 0.124 e. The van der Waals surface area contributed by atoms with Gasteiger partial charge >= 0.3 is 0 Å². The quantitative estimate of drug-likeness (QED) is 0.791. The van der Waals surface area contributed by atoms with E-state index in [9.17, 15) is 5.11 Å². The maximum absolute atomic E-state index is 9.97. The molecule has 2 aromatic carbocycles. The van der Waals surface area contributed by atoms with Gasteiger partial charge in [0.05, 0.1) is 11.7 Å². The minimum Gasteiger partial charge on any atom is -0.507 e. The van der Waals surface area contributed by atoms with E-state index in [1.165, 1.54) is 0 Å². The Balaban J connectivity index is 1.96. The molecule has 20 heavy (non-hydrogen) atoms. The fourth-order valence-electron chi connectivity index (χ4n) is 2.32. The fraction of sp³-hybridized carbons (Fsp3) is 0.125. The SMILES string of the molecule is Cc1ccc(O)c(C2=C[C@@H](c3ccccc3Cl)NN2)c1. The third kappa shape index (κ3) is 2.38. The minimum absolute atomic E-state index is 0.0152. The molecule has 0 saturated heterocycles. The summed E-state index contributed by atoms with van der Waals surface area (Å²) < 4.78 is 0. The van der Waals surface area contributed by atoms with E-state index >= 15 is 0 Å². The summed E-state index contributed by atoms with van der Waals surface area (Å²) in [5, 5.41) is 10.7. The van der Waals surface area contributed by atoms with Crippen molar-refractivity contribution in [2.75, 3.05) is 0 Å². The van der Waals surface area contributed by atoms with Crippen LogP contribution in [0.25, 0.3) is 5.70 Å². The van der Waals surface area contributed by atoms with Gasteiger partial charge in [-0.05, 0) is 36.8 Å². The van der Waals surface area contributed by atoms with Gasteiger partial charge in [0.25, 0.3) is 0 Å². The van der Waals surface area contributed by atoms with Crippen LogP contribution in [-0.4, -0.2) is 5.11 Å². The molecule has 0 fully saturated rings. The number of nitrogens with one attached hydrogen (secondary N) is 2. The zero-order valence-corrected chi connectivity index (χ0v) is 11.8. The molecule has 0 amide bonds. The first kappa shape index (κ1) is 13.0. The van der Waals surface area contributed by atoms with Crippen LogP contribution in [0.1, 0.15) is 22.7 Å². The van der Waals surface area contributed by atoms with Crippen LogP contribution >= 0.6 is 11.6 Å². The lowest BCUT2D eigenvalue weighted by Crippen LogP contribution is -2.26. The monoisotopic (exact) mass is 286 g/mol. The highest BCUT2D eigenvalue weighted by atomic mass is 35.5. The second-order valence-electron chi connectivity index (χ2n) is 4.87. The number of hydrogen-bond donors (Lipinski definition) is 3. The van der Waals surface area contributed by atoms with Gasteiger partial charge in [-0.15, -0.1) is 0 Å². The van der Waals surface area contributed by atoms with Gasteiger partial charge in [-0.1, -0.05) is 41.4 Å². The van der Waals surface area contributed by atoms with Gasteiger partial charge in [-0.25, -0.2) is 5.43 Å². The third-order valence-electron chi connectivity index (χ3n) is 3.38. The summed E-state index contributed by atoms with van der Waals surface area (Å²) in [6, 6.07) is 13.2. The Morgan fingerprint density at radius 1 is 1.15 bits per heavy atom. The lowest BCUT2D eigenvalue weighted by Gasteiger charge is -2.10. The van der Waals surface area contributed by atoms with Gasteiger partial charge in [-0.2, -0.15) is 0 Å². The lowest BCUT2D eigenvalue weighted by molar-refractivity contribution is 0.472. The van der Waals surface area contributed by atoms with Crippen molar-refractivity contribution in [2.24, 2.45) is 0 Å². The van der Waals surface area contributed by atoms with Crippen molar-refractivity contribution in [1.82, 2.24) is 10.9 Å². The molecule has 102 valence electrons. The molecule has 4 heteroatoms. The maximum atomic E-state index is 9.97. The molecular weight excluding hydrogens is 272 g/mol. The number of benzene rings is 2. The fourth-order valence-corrected chi connectivity index (χ4v) is 2.58. The smallest absolute Gasteiger partial charge is 0.124 e. The van der Waals surface area contributed by atoms with Crippen LogP contribution in [0.15, 0.2) is 48.5 Å². The molecule has 3 rings (SSSR count). The average Bonchev–Trinajstić information content (AvgIpc) is 2.91. The highest BCUT2D eigenvalue weighted by molar-refractivity contribution is 6.31. The van der Waals surface area contributed by atoms with E-state index in [0.717, 1.165) is 27.4 Å². The number of rotatable bonds is 2. The number of aryl methyl sites for hydroxylation is 1. The molecule has 1 aliphatic heterocycles. The Kier molecular flexibility index (Phi) is 3.38. The Labute approximate surface area is 122 Å². The van der Waals surface area contributed by atoms with Gasteiger partial charge in [0, 0.05) is 10.6 Å². The Morgan fingerprint density at radius 3 is 2.75 bits per heavy atom. The second kappa shape index (κ2) is 5.19. The van der Waals surface area contributed by atoms with E-state index in [1.807, 2.05) is 49.4 Å². The summed E-state index contributed by atoms with van der Waals surface area (Å²) in [5.74, 6) is 0.260. The van der Waals surface area contributed by atoms with Crippen molar-refractivity contribution in [3.05, 3.63) is 70.3 Å². The van der Waals surface area contributed by atoms with E-state index < -0.39 is 0 Å². The van der Waals surface area contributed by atoms with Crippen LogP contribution in [0.3, 0.4) is 0 Å². The minimum atomic E-state index is -0.0152. The van der Waals surface area contributed by atoms with Gasteiger partial charge in [0.2, 0.25) is 0 Å². The molecule has 1 heterocycles. The lowest BCUT2D eigenvalue weighted by atomic mass is 10.0. The van der Waals surface area contributed by atoms with Gasteiger partial charge in [-0.3, -0.25) is 0 Å². The van der Waals surface area contributed by atoms with Crippen LogP contribution in [-0.2, 0) is 0 Å². The van der Waals surface area contributed by atoms with E-state index in [2.05, 4.69) is 10.9 Å². The third-order valence-corrected chi connectivity index (χ3v) is 3.72. The molecule has 0 unspecified atom stereocenters. The molecular formula is C16H15ClN2O.